The van der Waals surface area contributed by atoms with Gasteiger partial charge in [-0.3, -0.25) is 9.59 Å². The Hall–Kier alpha value is -2.01. The van der Waals surface area contributed by atoms with E-state index in [2.05, 4.69) is 13.6 Å². The third kappa shape index (κ3) is 1160. The van der Waals surface area contributed by atoms with Crippen LogP contribution in [0.25, 0.3) is 0 Å². The van der Waals surface area contributed by atoms with E-state index in [-0.39, 0.29) is 21.1 Å². The van der Waals surface area contributed by atoms with E-state index in [0.29, 0.717) is 25.7 Å². The van der Waals surface area contributed by atoms with Gasteiger partial charge < -0.3 is 0 Å². The van der Waals surface area contributed by atoms with E-state index in [1.54, 1.807) is 0 Å². The van der Waals surface area contributed by atoms with Gasteiger partial charge in [0.1, 0.15) is 0 Å². The number of hydrogen-bond donors (Lipinski definition) is 0. The summed E-state index contributed by atoms with van der Waals surface area (Å²) in [5.74, 6) is 0. The predicted octanol–water partition coefficient (Wildman–Crippen LogP) is 2.88. The van der Waals surface area contributed by atoms with Crippen molar-refractivity contribution < 1.29 is 30.7 Å². The van der Waals surface area contributed by atoms with E-state index >= 15 is 0 Å². The normalized spacial score (nSPS) is 4.19. The molecule has 0 aliphatic carbocycles. The van der Waals surface area contributed by atoms with Gasteiger partial charge in [-0.15, -0.1) is 0 Å². The van der Waals surface area contributed by atoms with Gasteiger partial charge in [0, 0.05) is 46.7 Å². The summed E-state index contributed by atoms with van der Waals surface area (Å²) in [7, 11) is 0. The van der Waals surface area contributed by atoms with Gasteiger partial charge in [0.25, 0.3) is 13.6 Å². The van der Waals surface area contributed by atoms with E-state index in [1.807, 2.05) is 52.0 Å². The molecule has 114 valence electrons. The average molecular weight is 460 g/mol. The van der Waals surface area contributed by atoms with Crippen LogP contribution in [0.2, 0.25) is 0 Å². The number of rotatable bonds is 0. The molecule has 0 saturated heterocycles. The fraction of sp³-hybridized carbons (Fsp3) is 0.571. The molecule has 0 N–H and O–H groups in total. The maximum atomic E-state index is 7.62. The van der Waals surface area contributed by atoms with Crippen LogP contribution in [0.4, 0.5) is 0 Å². The molecule has 0 aromatic rings. The van der Waals surface area contributed by atoms with Crippen molar-refractivity contribution in [2.75, 3.05) is 0 Å². The second-order valence-electron chi connectivity index (χ2n) is 2.05. The molecule has 0 bridgehead atoms. The second kappa shape index (κ2) is 145. The van der Waals surface area contributed by atoms with E-state index < -0.39 is 0 Å². The maximum Gasteiger partial charge on any atom is 0.281 e. The molecule has 0 saturated carbocycles. The van der Waals surface area contributed by atoms with E-state index in [9.17, 15) is 0 Å². The Balaban J connectivity index is -0.0000000227. The van der Waals surface area contributed by atoms with Crippen LogP contribution in [0.15, 0.2) is 0 Å². The minimum atomic E-state index is 0. The van der Waals surface area contributed by atoms with Crippen LogP contribution in [0.3, 0.4) is 0 Å². The van der Waals surface area contributed by atoms with Crippen molar-refractivity contribution in [2.45, 2.75) is 53.4 Å². The van der Waals surface area contributed by atoms with Gasteiger partial charge in [0.05, 0.1) is 24.3 Å². The summed E-state index contributed by atoms with van der Waals surface area (Å²) in [5.41, 5.74) is 0. The second-order valence-corrected chi connectivity index (χ2v) is 2.05. The molecule has 0 aromatic carbocycles. The molecule has 0 unspecified atom stereocenters. The molecule has 4 radical (unpaired) electrons. The first kappa shape index (κ1) is 42.8. The van der Waals surface area contributed by atoms with Crippen molar-refractivity contribution in [3.05, 3.63) is 0 Å². The summed E-state index contributed by atoms with van der Waals surface area (Å²) in [6.07, 6.45) is 2.50. The average Bonchev–Trinajstić information content (AvgIpc) is 2.58. The topological polar surface area (TPSA) is 129 Å². The largest absolute Gasteiger partial charge is 0.281 e. The van der Waals surface area contributed by atoms with Crippen molar-refractivity contribution in [2.24, 2.45) is 0 Å². The van der Waals surface area contributed by atoms with Gasteiger partial charge >= 0.3 is 0 Å². The molecule has 0 atom stereocenters. The minimum absolute atomic E-state index is 0. The zero-order valence-electron chi connectivity index (χ0n) is 12.8. The number of nitriles is 4. The number of nitrogens with zero attached hydrogens (tertiary/aromatic N) is 4. The quantitative estimate of drug-likeness (QED) is 0.547. The minimum Gasteiger partial charge on any atom is -0.281 e. The molecule has 7 heteroatoms. The summed E-state index contributed by atoms with van der Waals surface area (Å²) in [5, 5.41) is 30.5. The van der Waals surface area contributed by atoms with Crippen LogP contribution in [0.5, 0.6) is 0 Å². The van der Waals surface area contributed by atoms with Crippen LogP contribution >= 0.6 is 0 Å². The molecule has 6 nitrogen and oxygen atoms in total. The first-order valence-electron chi connectivity index (χ1n) is 5.55. The smallest absolute Gasteiger partial charge is 0.281 e. The molecule has 0 aliphatic rings. The molecule has 0 aliphatic heterocycles. The Kier molecular flexibility index (Phi) is 295. The standard InChI is InChI=1S/4C3H5N.2CO.W/c4*1-2-3-4;2*1-2;/h4*2H2,1H3;;;. The molecule has 0 amide bonds. The van der Waals surface area contributed by atoms with Gasteiger partial charge in [-0.2, -0.15) is 21.0 Å². The molecule has 21 heavy (non-hydrogen) atoms. The summed E-state index contributed by atoms with van der Waals surface area (Å²) in [6, 6.07) is 7.72. The van der Waals surface area contributed by atoms with Gasteiger partial charge in [-0.25, -0.2) is 0 Å². The third-order valence-electron chi connectivity index (χ3n) is 0.632. The van der Waals surface area contributed by atoms with E-state index in [1.165, 1.54) is 0 Å². The molecule has 0 aromatic heterocycles. The van der Waals surface area contributed by atoms with Gasteiger partial charge in [-0.1, -0.05) is 27.7 Å². The fourth-order valence-electron chi connectivity index (χ4n) is 0. The number of carbonyl (C=O) groups excluding carboxylic acids is 2. The van der Waals surface area contributed by atoms with Gasteiger partial charge in [0.15, 0.2) is 0 Å². The summed E-state index contributed by atoms with van der Waals surface area (Å²) >= 11 is 0. The first-order valence-corrected chi connectivity index (χ1v) is 5.55. The maximum absolute atomic E-state index is 7.62. The third-order valence-corrected chi connectivity index (χ3v) is 0.632. The molecular formula is C14H20N4O2W. The van der Waals surface area contributed by atoms with Gasteiger partial charge in [0.2, 0.25) is 0 Å². The van der Waals surface area contributed by atoms with Crippen LogP contribution in [0.1, 0.15) is 53.4 Å². The van der Waals surface area contributed by atoms with Crippen LogP contribution in [-0.4, -0.2) is 13.6 Å². The van der Waals surface area contributed by atoms with Crippen LogP contribution in [-0.2, 0) is 30.7 Å². The Labute approximate surface area is 143 Å². The Bertz CT molecular complexity index is 227. The summed E-state index contributed by atoms with van der Waals surface area (Å²) in [6.45, 7) is 16.3. The molecular weight excluding hydrogens is 440 g/mol. The Morgan fingerprint density at radius 2 is 0.619 bits per heavy atom. The Morgan fingerprint density at radius 3 is 0.619 bits per heavy atom. The molecule has 0 rings (SSSR count). The number of hydrogen-bond acceptors (Lipinski definition) is 6. The van der Waals surface area contributed by atoms with Crippen molar-refractivity contribution in [1.82, 2.24) is 0 Å². The zero-order valence-corrected chi connectivity index (χ0v) is 15.8. The summed E-state index contributed by atoms with van der Waals surface area (Å²) < 4.78 is 0. The molecule has 0 heterocycles. The molecule has 0 spiro atoms. The fourth-order valence-corrected chi connectivity index (χ4v) is 0. The van der Waals surface area contributed by atoms with Crippen molar-refractivity contribution in [3.63, 3.8) is 0 Å². The van der Waals surface area contributed by atoms with Crippen molar-refractivity contribution in [1.29, 1.82) is 21.0 Å². The monoisotopic (exact) mass is 460 g/mol. The predicted molar refractivity (Wildman–Crippen MR) is 75.0 cm³/mol. The van der Waals surface area contributed by atoms with Crippen molar-refractivity contribution in [3.8, 4) is 24.3 Å². The van der Waals surface area contributed by atoms with E-state index in [4.69, 9.17) is 30.6 Å². The molecule has 0 fully saturated rings. The zero-order chi connectivity index (χ0) is 17.7. The van der Waals surface area contributed by atoms with Crippen LogP contribution < -0.4 is 0 Å². The van der Waals surface area contributed by atoms with Crippen molar-refractivity contribution >= 4 is 13.6 Å². The Morgan fingerprint density at radius 1 is 0.571 bits per heavy atom. The van der Waals surface area contributed by atoms with E-state index in [0.717, 1.165) is 0 Å². The van der Waals surface area contributed by atoms with Gasteiger partial charge in [-0.05, 0) is 0 Å². The summed E-state index contributed by atoms with van der Waals surface area (Å²) in [4.78, 5) is 15.0. The SMILES string of the molecule is CCC#N.CCC#N.CCC#N.CCC#N.[C]=O.[C]=O.[W]. The first-order chi connectivity index (χ1) is 9.66. The van der Waals surface area contributed by atoms with Crippen LogP contribution in [0, 0.1) is 45.3 Å².